The molecule has 0 radical (unpaired) electrons. The van der Waals surface area contributed by atoms with Crippen molar-refractivity contribution in [1.82, 2.24) is 20.2 Å². The molecule has 2 rings (SSSR count). The van der Waals surface area contributed by atoms with E-state index in [4.69, 9.17) is 4.74 Å². The quantitative estimate of drug-likeness (QED) is 0.826. The summed E-state index contributed by atoms with van der Waals surface area (Å²) in [4.78, 5) is 1.42. The van der Waals surface area contributed by atoms with Gasteiger partial charge in [-0.3, -0.25) is 0 Å². The van der Waals surface area contributed by atoms with Crippen molar-refractivity contribution in [3.8, 4) is 5.75 Å². The number of hydrogen-bond acceptors (Lipinski definition) is 5. The first-order chi connectivity index (χ1) is 9.22. The monoisotopic (exact) mass is 262 g/mol. The van der Waals surface area contributed by atoms with E-state index in [2.05, 4.69) is 15.4 Å². The van der Waals surface area contributed by atoms with E-state index >= 15 is 0 Å². The highest BCUT2D eigenvalue weighted by Crippen LogP contribution is 2.21. The summed E-state index contributed by atoms with van der Waals surface area (Å²) in [6.07, 6.45) is 1.32. The first-order valence-corrected chi connectivity index (χ1v) is 6.18. The maximum Gasteiger partial charge on any atom is 0.175 e. The van der Waals surface area contributed by atoms with Crippen LogP contribution in [0.25, 0.3) is 0 Å². The van der Waals surface area contributed by atoms with Gasteiger partial charge in [-0.15, -0.1) is 10.2 Å². The minimum absolute atomic E-state index is 0.0560. The lowest BCUT2D eigenvalue weighted by atomic mass is 9.96. The van der Waals surface area contributed by atoms with Gasteiger partial charge in [-0.05, 0) is 29.2 Å². The predicted molar refractivity (Wildman–Crippen MR) is 69.8 cm³/mol. The number of ether oxygens (including phenoxy) is 1. The van der Waals surface area contributed by atoms with Crippen LogP contribution in [0.5, 0.6) is 5.75 Å². The maximum atomic E-state index is 9.50. The molecule has 0 aliphatic rings. The van der Waals surface area contributed by atoms with Gasteiger partial charge in [0.05, 0.1) is 14.2 Å². The summed E-state index contributed by atoms with van der Waals surface area (Å²) >= 11 is 0. The lowest BCUT2D eigenvalue weighted by Crippen LogP contribution is -2.14. The van der Waals surface area contributed by atoms with Crippen molar-refractivity contribution in [2.24, 2.45) is 13.0 Å². The Labute approximate surface area is 112 Å². The van der Waals surface area contributed by atoms with E-state index in [-0.39, 0.29) is 12.5 Å². The Hall–Kier alpha value is -1.95. The molecule has 19 heavy (non-hydrogen) atoms. The number of nitrogens with zero attached hydrogens (tertiary/aromatic N) is 4. The van der Waals surface area contributed by atoms with Crippen LogP contribution >= 0.6 is 0 Å². The van der Waals surface area contributed by atoms with Crippen molar-refractivity contribution in [1.29, 1.82) is 0 Å². The summed E-state index contributed by atoms with van der Waals surface area (Å²) in [5.74, 6) is 1.55. The number of hydrogen-bond donors (Lipinski definition) is 1. The number of tetrazole rings is 1. The molecular weight excluding hydrogens is 244 g/mol. The number of aliphatic hydroxyl groups excluding tert-OH is 1. The molecule has 1 N–H and O–H groups in total. The van der Waals surface area contributed by atoms with Gasteiger partial charge in [-0.25, -0.2) is 0 Å². The largest absolute Gasteiger partial charge is 0.496 e. The second kappa shape index (κ2) is 6.29. The van der Waals surface area contributed by atoms with E-state index in [1.165, 1.54) is 4.80 Å². The SMILES string of the molecule is COc1ccccc1CC(CO)Cc1nnn(C)n1. The number of methoxy groups -OCH3 is 1. The smallest absolute Gasteiger partial charge is 0.175 e. The Balaban J connectivity index is 2.06. The highest BCUT2D eigenvalue weighted by Gasteiger charge is 2.15. The van der Waals surface area contributed by atoms with Crippen molar-refractivity contribution in [3.05, 3.63) is 35.7 Å². The minimum atomic E-state index is 0.0560. The van der Waals surface area contributed by atoms with Crippen LogP contribution in [0.1, 0.15) is 11.4 Å². The Bertz CT molecular complexity index is 527. The molecule has 0 fully saturated rings. The van der Waals surface area contributed by atoms with E-state index in [9.17, 15) is 5.11 Å². The van der Waals surface area contributed by atoms with Crippen molar-refractivity contribution in [3.63, 3.8) is 0 Å². The maximum absolute atomic E-state index is 9.50. The Morgan fingerprint density at radius 3 is 2.74 bits per heavy atom. The Morgan fingerprint density at radius 1 is 1.32 bits per heavy atom. The minimum Gasteiger partial charge on any atom is -0.496 e. The molecule has 0 aliphatic heterocycles. The second-order valence-corrected chi connectivity index (χ2v) is 4.46. The second-order valence-electron chi connectivity index (χ2n) is 4.46. The Kier molecular flexibility index (Phi) is 4.46. The molecular formula is C13H18N4O2. The van der Waals surface area contributed by atoms with Crippen LogP contribution in [-0.2, 0) is 19.9 Å². The number of aliphatic hydroxyl groups is 1. The number of rotatable bonds is 6. The van der Waals surface area contributed by atoms with Crippen LogP contribution in [0.4, 0.5) is 0 Å². The molecule has 1 unspecified atom stereocenters. The third kappa shape index (κ3) is 3.51. The van der Waals surface area contributed by atoms with Gasteiger partial charge in [-0.2, -0.15) is 4.80 Å². The highest BCUT2D eigenvalue weighted by molar-refractivity contribution is 5.33. The molecule has 1 aromatic heterocycles. The average Bonchev–Trinajstić information content (AvgIpc) is 2.84. The van der Waals surface area contributed by atoms with Gasteiger partial charge in [0.25, 0.3) is 0 Å². The molecule has 0 spiro atoms. The van der Waals surface area contributed by atoms with Gasteiger partial charge in [0.2, 0.25) is 0 Å². The topological polar surface area (TPSA) is 73.1 Å². The number of benzene rings is 1. The highest BCUT2D eigenvalue weighted by atomic mass is 16.5. The molecule has 0 amide bonds. The summed E-state index contributed by atoms with van der Waals surface area (Å²) in [6, 6.07) is 7.82. The van der Waals surface area contributed by atoms with Crippen molar-refractivity contribution in [2.75, 3.05) is 13.7 Å². The zero-order chi connectivity index (χ0) is 13.7. The molecule has 1 aromatic carbocycles. The molecule has 6 heteroatoms. The summed E-state index contributed by atoms with van der Waals surface area (Å²) < 4.78 is 5.32. The van der Waals surface area contributed by atoms with E-state index in [1.807, 2.05) is 24.3 Å². The van der Waals surface area contributed by atoms with Gasteiger partial charge < -0.3 is 9.84 Å². The summed E-state index contributed by atoms with van der Waals surface area (Å²) in [5, 5.41) is 21.4. The standard InChI is InChI=1S/C13H18N4O2/c1-17-15-13(14-16-17)8-10(9-18)7-11-5-3-4-6-12(11)19-2/h3-6,10,18H,7-9H2,1-2H3. The number of para-hydroxylation sites is 1. The van der Waals surface area contributed by atoms with Gasteiger partial charge in [0, 0.05) is 13.0 Å². The van der Waals surface area contributed by atoms with Crippen LogP contribution in [0, 0.1) is 5.92 Å². The third-order valence-electron chi connectivity index (χ3n) is 2.98. The fourth-order valence-corrected chi connectivity index (χ4v) is 2.05. The lowest BCUT2D eigenvalue weighted by Gasteiger charge is -2.14. The normalized spacial score (nSPS) is 12.4. The van der Waals surface area contributed by atoms with Gasteiger partial charge in [0.1, 0.15) is 5.75 Å². The first kappa shape index (κ1) is 13.5. The first-order valence-electron chi connectivity index (χ1n) is 6.18. The van der Waals surface area contributed by atoms with Gasteiger partial charge in [-0.1, -0.05) is 18.2 Å². The molecule has 0 bridgehead atoms. The molecule has 2 aromatic rings. The fraction of sp³-hybridized carbons (Fsp3) is 0.462. The molecule has 102 valence electrons. The molecule has 0 saturated carbocycles. The van der Waals surface area contributed by atoms with Gasteiger partial charge >= 0.3 is 0 Å². The Morgan fingerprint density at radius 2 is 2.11 bits per heavy atom. The van der Waals surface area contributed by atoms with Crippen molar-refractivity contribution in [2.45, 2.75) is 12.8 Å². The van der Waals surface area contributed by atoms with Crippen molar-refractivity contribution >= 4 is 0 Å². The van der Waals surface area contributed by atoms with Crippen LogP contribution in [0.3, 0.4) is 0 Å². The molecule has 0 aliphatic carbocycles. The zero-order valence-corrected chi connectivity index (χ0v) is 11.2. The van der Waals surface area contributed by atoms with E-state index in [0.29, 0.717) is 12.2 Å². The summed E-state index contributed by atoms with van der Waals surface area (Å²) in [7, 11) is 3.38. The predicted octanol–water partition coefficient (Wildman–Crippen LogP) is 0.612. The molecule has 1 heterocycles. The van der Waals surface area contributed by atoms with Crippen molar-refractivity contribution < 1.29 is 9.84 Å². The third-order valence-corrected chi connectivity index (χ3v) is 2.98. The molecule has 0 saturated heterocycles. The van der Waals surface area contributed by atoms with Crippen LogP contribution in [0.2, 0.25) is 0 Å². The fourth-order valence-electron chi connectivity index (χ4n) is 2.05. The zero-order valence-electron chi connectivity index (χ0n) is 11.2. The lowest BCUT2D eigenvalue weighted by molar-refractivity contribution is 0.222. The van der Waals surface area contributed by atoms with Crippen LogP contribution < -0.4 is 4.74 Å². The summed E-state index contributed by atoms with van der Waals surface area (Å²) in [6.45, 7) is 0.0797. The van der Waals surface area contributed by atoms with E-state index < -0.39 is 0 Å². The average molecular weight is 262 g/mol. The molecule has 1 atom stereocenters. The van der Waals surface area contributed by atoms with E-state index in [1.54, 1.807) is 14.2 Å². The summed E-state index contributed by atoms with van der Waals surface area (Å²) in [5.41, 5.74) is 1.08. The number of aryl methyl sites for hydroxylation is 1. The van der Waals surface area contributed by atoms with Gasteiger partial charge in [0.15, 0.2) is 5.82 Å². The van der Waals surface area contributed by atoms with Crippen LogP contribution in [-0.4, -0.2) is 39.0 Å². The van der Waals surface area contributed by atoms with Crippen LogP contribution in [0.15, 0.2) is 24.3 Å². The van der Waals surface area contributed by atoms with E-state index in [0.717, 1.165) is 17.7 Å². The number of aromatic nitrogens is 4. The molecule has 6 nitrogen and oxygen atoms in total.